The third-order valence-electron chi connectivity index (χ3n) is 5.89. The van der Waals surface area contributed by atoms with Crippen molar-refractivity contribution >= 4 is 11.8 Å². The van der Waals surface area contributed by atoms with Crippen LogP contribution in [0.5, 0.6) is 0 Å². The van der Waals surface area contributed by atoms with Gasteiger partial charge in [0.05, 0.1) is 12.1 Å². The van der Waals surface area contributed by atoms with Crippen molar-refractivity contribution in [2.45, 2.75) is 59.4 Å². The highest BCUT2D eigenvalue weighted by Crippen LogP contribution is 2.25. The number of ether oxygens (including phenoxy) is 1. The zero-order valence-electron chi connectivity index (χ0n) is 20.0. The van der Waals surface area contributed by atoms with E-state index in [-0.39, 0.29) is 30.5 Å². The number of rotatable bonds is 8. The number of carbonyl (C=O) groups excluding carboxylic acids is 1. The molecule has 0 bridgehead atoms. The number of dihydropyridines is 1. The van der Waals surface area contributed by atoms with Gasteiger partial charge in [-0.3, -0.25) is 4.79 Å². The van der Waals surface area contributed by atoms with E-state index in [1.807, 2.05) is 50.8 Å². The number of halogens is 1. The average Bonchev–Trinajstić information content (AvgIpc) is 2.81. The van der Waals surface area contributed by atoms with Crippen molar-refractivity contribution in [3.05, 3.63) is 59.9 Å². The molecule has 0 radical (unpaired) electrons. The van der Waals surface area contributed by atoms with Gasteiger partial charge < -0.3 is 9.64 Å². The largest absolute Gasteiger partial charge is 0.475 e. The number of benzene rings is 1. The van der Waals surface area contributed by atoms with Crippen LogP contribution in [0.1, 0.15) is 50.0 Å². The number of carbonyl (C=O) groups is 1. The SMILES string of the molecule is CC[C@H](CN(C(=O)c1cc(C)ccc1-c1ncccn1)C(C)C)[C@H](C)OC1=NCC(F)C=C1. The van der Waals surface area contributed by atoms with Gasteiger partial charge in [0.15, 0.2) is 5.82 Å². The molecule has 6 nitrogen and oxygen atoms in total. The highest BCUT2D eigenvalue weighted by atomic mass is 19.1. The Morgan fingerprint density at radius 1 is 1.24 bits per heavy atom. The highest BCUT2D eigenvalue weighted by Gasteiger charge is 2.28. The first-order chi connectivity index (χ1) is 15.8. The maximum Gasteiger partial charge on any atom is 0.254 e. The molecule has 1 aromatic heterocycles. The number of aliphatic imine (C=N–C) groups is 1. The van der Waals surface area contributed by atoms with Crippen molar-refractivity contribution in [3.8, 4) is 11.4 Å². The van der Waals surface area contributed by atoms with E-state index in [4.69, 9.17) is 4.74 Å². The molecule has 0 saturated carbocycles. The van der Waals surface area contributed by atoms with E-state index >= 15 is 0 Å². The van der Waals surface area contributed by atoms with E-state index in [0.717, 1.165) is 17.5 Å². The molecule has 2 aromatic rings. The maximum atomic E-state index is 13.8. The van der Waals surface area contributed by atoms with Gasteiger partial charge in [0.1, 0.15) is 12.3 Å². The third kappa shape index (κ3) is 6.24. The summed E-state index contributed by atoms with van der Waals surface area (Å²) in [5, 5.41) is 0. The fourth-order valence-corrected chi connectivity index (χ4v) is 3.85. The van der Waals surface area contributed by atoms with Gasteiger partial charge in [0.25, 0.3) is 5.91 Å². The zero-order valence-corrected chi connectivity index (χ0v) is 20.0. The van der Waals surface area contributed by atoms with E-state index in [2.05, 4.69) is 21.9 Å². The Labute approximate surface area is 195 Å². The van der Waals surface area contributed by atoms with Crippen molar-refractivity contribution in [2.24, 2.45) is 10.9 Å². The van der Waals surface area contributed by atoms with Gasteiger partial charge in [0.2, 0.25) is 5.90 Å². The van der Waals surface area contributed by atoms with Crippen LogP contribution in [-0.2, 0) is 4.74 Å². The van der Waals surface area contributed by atoms with E-state index in [1.54, 1.807) is 24.5 Å². The number of nitrogens with zero attached hydrogens (tertiary/aromatic N) is 4. The molecule has 1 aliphatic rings. The lowest BCUT2D eigenvalue weighted by Crippen LogP contribution is -2.43. The van der Waals surface area contributed by atoms with Gasteiger partial charge in [-0.2, -0.15) is 0 Å². The Hall–Kier alpha value is -3.09. The normalized spacial score (nSPS) is 17.4. The van der Waals surface area contributed by atoms with Gasteiger partial charge in [0, 0.05) is 36.5 Å². The summed E-state index contributed by atoms with van der Waals surface area (Å²) < 4.78 is 19.3. The summed E-state index contributed by atoms with van der Waals surface area (Å²) in [6.45, 7) is 10.7. The summed E-state index contributed by atoms with van der Waals surface area (Å²) in [6, 6.07) is 7.52. The third-order valence-corrected chi connectivity index (χ3v) is 5.89. The van der Waals surface area contributed by atoms with E-state index in [1.165, 1.54) is 6.08 Å². The maximum absolute atomic E-state index is 13.8. The summed E-state index contributed by atoms with van der Waals surface area (Å²) in [7, 11) is 0. The summed E-state index contributed by atoms with van der Waals surface area (Å²) in [6.07, 6.45) is 5.99. The van der Waals surface area contributed by atoms with Crippen LogP contribution in [0.3, 0.4) is 0 Å². The molecule has 0 N–H and O–H groups in total. The van der Waals surface area contributed by atoms with Gasteiger partial charge in [-0.25, -0.2) is 19.4 Å². The molecular weight excluding hydrogens is 419 g/mol. The molecule has 0 spiro atoms. The van der Waals surface area contributed by atoms with E-state index < -0.39 is 6.17 Å². The van der Waals surface area contributed by atoms with E-state index in [0.29, 0.717) is 23.8 Å². The number of amides is 1. The molecule has 1 amide bonds. The van der Waals surface area contributed by atoms with Crippen molar-refractivity contribution in [3.63, 3.8) is 0 Å². The topological polar surface area (TPSA) is 67.7 Å². The number of hydrogen-bond donors (Lipinski definition) is 0. The number of alkyl halides is 1. The van der Waals surface area contributed by atoms with Crippen LogP contribution in [-0.4, -0.2) is 58.1 Å². The molecule has 33 heavy (non-hydrogen) atoms. The lowest BCUT2D eigenvalue weighted by Gasteiger charge is -2.34. The van der Waals surface area contributed by atoms with Gasteiger partial charge >= 0.3 is 0 Å². The molecule has 1 aliphatic heterocycles. The summed E-state index contributed by atoms with van der Waals surface area (Å²) in [5.74, 6) is 0.995. The molecule has 0 fully saturated rings. The molecule has 3 rings (SSSR count). The van der Waals surface area contributed by atoms with Gasteiger partial charge in [-0.05, 0) is 58.4 Å². The molecule has 1 aromatic carbocycles. The first-order valence-corrected chi connectivity index (χ1v) is 11.5. The molecule has 176 valence electrons. The summed E-state index contributed by atoms with van der Waals surface area (Å²) >= 11 is 0. The zero-order chi connectivity index (χ0) is 24.0. The molecule has 3 atom stereocenters. The number of hydrogen-bond acceptors (Lipinski definition) is 5. The standard InChI is InChI=1S/C26H33FN4O2/c1-6-20(19(5)33-24-11-9-21(27)15-30-24)16-31(17(2)3)26(32)23-14-18(4)8-10-22(23)25-28-12-7-13-29-25/h7-14,17,19-21H,6,15-16H2,1-5H3/t19-,20+,21?/m0/s1. The lowest BCUT2D eigenvalue weighted by atomic mass is 9.97. The predicted molar refractivity (Wildman–Crippen MR) is 129 cm³/mol. The van der Waals surface area contributed by atoms with Crippen LogP contribution in [0.4, 0.5) is 4.39 Å². The highest BCUT2D eigenvalue weighted by molar-refractivity contribution is 6.00. The fraction of sp³-hybridized carbons (Fsp3) is 0.462. The fourth-order valence-electron chi connectivity index (χ4n) is 3.85. The second-order valence-electron chi connectivity index (χ2n) is 8.72. The second-order valence-corrected chi connectivity index (χ2v) is 8.72. The summed E-state index contributed by atoms with van der Waals surface area (Å²) in [4.78, 5) is 28.5. The Morgan fingerprint density at radius 2 is 1.97 bits per heavy atom. The average molecular weight is 453 g/mol. The molecule has 0 saturated heterocycles. The number of aromatic nitrogens is 2. The Morgan fingerprint density at radius 3 is 2.58 bits per heavy atom. The first kappa shape index (κ1) is 24.6. The van der Waals surface area contributed by atoms with Crippen LogP contribution in [0.15, 0.2) is 53.8 Å². The predicted octanol–water partition coefficient (Wildman–Crippen LogP) is 5.04. The molecule has 1 unspecified atom stereocenters. The summed E-state index contributed by atoms with van der Waals surface area (Å²) in [5.41, 5.74) is 2.31. The minimum Gasteiger partial charge on any atom is -0.475 e. The van der Waals surface area contributed by atoms with Crippen molar-refractivity contribution in [1.82, 2.24) is 14.9 Å². The van der Waals surface area contributed by atoms with Crippen LogP contribution < -0.4 is 0 Å². The van der Waals surface area contributed by atoms with Gasteiger partial charge in [-0.1, -0.05) is 24.6 Å². The van der Waals surface area contributed by atoms with Crippen molar-refractivity contribution in [1.29, 1.82) is 0 Å². The Bertz CT molecular complexity index is 1010. The van der Waals surface area contributed by atoms with Crippen molar-refractivity contribution in [2.75, 3.05) is 13.1 Å². The quantitative estimate of drug-likeness (QED) is 0.563. The van der Waals surface area contributed by atoms with Crippen LogP contribution in [0, 0.1) is 12.8 Å². The molecular formula is C26H33FN4O2. The monoisotopic (exact) mass is 452 g/mol. The Kier molecular flexibility index (Phi) is 8.31. The van der Waals surface area contributed by atoms with Crippen LogP contribution >= 0.6 is 0 Å². The Balaban J connectivity index is 1.83. The van der Waals surface area contributed by atoms with Gasteiger partial charge in [-0.15, -0.1) is 0 Å². The molecule has 2 heterocycles. The molecule has 0 aliphatic carbocycles. The first-order valence-electron chi connectivity index (χ1n) is 11.5. The van der Waals surface area contributed by atoms with Crippen molar-refractivity contribution < 1.29 is 13.9 Å². The minimum atomic E-state index is -1.05. The van der Waals surface area contributed by atoms with E-state index in [9.17, 15) is 9.18 Å². The lowest BCUT2D eigenvalue weighted by molar-refractivity contribution is 0.0561. The minimum absolute atomic E-state index is 0.0111. The smallest absolute Gasteiger partial charge is 0.254 e. The van der Waals surface area contributed by atoms with Crippen LogP contribution in [0.2, 0.25) is 0 Å². The number of aryl methyl sites for hydroxylation is 1. The van der Waals surface area contributed by atoms with Crippen LogP contribution in [0.25, 0.3) is 11.4 Å². The molecule has 7 heteroatoms. The second kappa shape index (κ2) is 11.2.